The Morgan fingerprint density at radius 2 is 1.88 bits per heavy atom. The van der Waals surface area contributed by atoms with Crippen LogP contribution < -0.4 is 0 Å². The Kier molecular flexibility index (Phi) is 4.85. The summed E-state index contributed by atoms with van der Waals surface area (Å²) in [4.78, 5) is 1.35. The van der Waals surface area contributed by atoms with Gasteiger partial charge >= 0.3 is 0 Å². The van der Waals surface area contributed by atoms with Gasteiger partial charge in [0.1, 0.15) is 0 Å². The van der Waals surface area contributed by atoms with Gasteiger partial charge in [-0.25, -0.2) is 0 Å². The smallest absolute Gasteiger partial charge is 0.0776 e. The molecule has 0 saturated heterocycles. The van der Waals surface area contributed by atoms with Crippen LogP contribution in [0.4, 0.5) is 0 Å². The predicted molar refractivity (Wildman–Crippen MR) is 81.8 cm³/mol. The van der Waals surface area contributed by atoms with E-state index < -0.39 is 0 Å². The van der Waals surface area contributed by atoms with Crippen molar-refractivity contribution in [1.29, 1.82) is 0 Å². The summed E-state index contributed by atoms with van der Waals surface area (Å²) in [5.74, 6) is 1.14. The highest BCUT2D eigenvalue weighted by Crippen LogP contribution is 2.27. The van der Waals surface area contributed by atoms with E-state index in [1.54, 1.807) is 11.5 Å². The van der Waals surface area contributed by atoms with Gasteiger partial charge in [-0.2, -0.15) is 4.37 Å². The molecule has 1 rings (SSSR count). The highest BCUT2D eigenvalue weighted by molar-refractivity contribution is 8.02. The van der Waals surface area contributed by atoms with Crippen molar-refractivity contribution in [2.45, 2.75) is 47.0 Å². The van der Waals surface area contributed by atoms with Crippen LogP contribution in [-0.4, -0.2) is 10.1 Å². The summed E-state index contributed by atoms with van der Waals surface area (Å²) in [7, 11) is 0. The molecule has 0 aliphatic carbocycles. The molecule has 1 aromatic rings. The summed E-state index contributed by atoms with van der Waals surface area (Å²) in [5, 5.41) is 2.16. The lowest BCUT2D eigenvalue weighted by molar-refractivity contribution is 0.481. The van der Waals surface area contributed by atoms with Gasteiger partial charge in [0, 0.05) is 10.6 Å². The molecule has 0 amide bonds. The minimum absolute atomic E-state index is 0.211. The fraction of sp³-hybridized carbons (Fsp3) is 0.643. The lowest BCUT2D eigenvalue weighted by Gasteiger charge is -2.15. The second kappa shape index (κ2) is 5.57. The van der Waals surface area contributed by atoms with Crippen LogP contribution in [0.2, 0.25) is 0 Å². The Bertz CT molecular complexity index is 378. The minimum atomic E-state index is 0.211. The molecule has 0 bridgehead atoms. The van der Waals surface area contributed by atoms with Crippen LogP contribution in [0.15, 0.2) is 11.5 Å². The third-order valence-corrected chi connectivity index (χ3v) is 4.71. The first-order chi connectivity index (χ1) is 7.68. The fourth-order valence-corrected chi connectivity index (χ4v) is 2.73. The molecule has 0 spiro atoms. The molecule has 1 nitrogen and oxygen atoms in total. The lowest BCUT2D eigenvalue weighted by atomic mass is 9.94. The van der Waals surface area contributed by atoms with Crippen LogP contribution in [0.25, 0.3) is 6.08 Å². The van der Waals surface area contributed by atoms with E-state index in [0.717, 1.165) is 11.4 Å². The Morgan fingerprint density at radius 1 is 1.24 bits per heavy atom. The van der Waals surface area contributed by atoms with Crippen molar-refractivity contribution < 1.29 is 0 Å². The second-order valence-corrected chi connectivity index (χ2v) is 8.24. The zero-order valence-corrected chi connectivity index (χ0v) is 13.3. The quantitative estimate of drug-likeness (QED) is 0.749. The standard InChI is InChI=1S/C14H23NS2/c1-13(2,3)10-16-8-7-11-9-12(17-15-11)14(4,5)6/h7-9H,10H2,1-6H3. The topological polar surface area (TPSA) is 12.9 Å². The number of hydrogen-bond donors (Lipinski definition) is 0. The third-order valence-electron chi connectivity index (χ3n) is 2.12. The van der Waals surface area contributed by atoms with Gasteiger partial charge in [-0.05, 0) is 39.9 Å². The molecule has 0 saturated carbocycles. The van der Waals surface area contributed by atoms with Crippen molar-refractivity contribution in [3.63, 3.8) is 0 Å². The van der Waals surface area contributed by atoms with Gasteiger partial charge in [0.2, 0.25) is 0 Å². The maximum atomic E-state index is 4.46. The molecule has 0 fully saturated rings. The van der Waals surface area contributed by atoms with Gasteiger partial charge in [-0.3, -0.25) is 0 Å². The molecule has 0 aromatic carbocycles. The molecular weight excluding hydrogens is 246 g/mol. The maximum absolute atomic E-state index is 4.46. The molecule has 0 N–H and O–H groups in total. The highest BCUT2D eigenvalue weighted by atomic mass is 32.2. The fourth-order valence-electron chi connectivity index (χ4n) is 1.14. The number of hydrogen-bond acceptors (Lipinski definition) is 3. The molecule has 0 unspecified atom stereocenters. The van der Waals surface area contributed by atoms with Crippen LogP contribution in [0.3, 0.4) is 0 Å². The average molecular weight is 269 g/mol. The SMILES string of the molecule is CC(C)(C)CSC=Cc1cc(C(C)(C)C)sn1. The van der Waals surface area contributed by atoms with Crippen molar-refractivity contribution >= 4 is 29.4 Å². The normalized spacial score (nSPS) is 13.5. The van der Waals surface area contributed by atoms with Crippen molar-refractivity contribution in [3.05, 3.63) is 22.0 Å². The van der Waals surface area contributed by atoms with E-state index in [1.807, 2.05) is 11.8 Å². The summed E-state index contributed by atoms with van der Waals surface area (Å²) in [6.07, 6.45) is 2.11. The van der Waals surface area contributed by atoms with Crippen LogP contribution in [0.1, 0.15) is 52.1 Å². The maximum Gasteiger partial charge on any atom is 0.0776 e. The van der Waals surface area contributed by atoms with Crippen LogP contribution in [-0.2, 0) is 5.41 Å². The summed E-state index contributed by atoms with van der Waals surface area (Å²) in [6, 6.07) is 2.19. The molecule has 96 valence electrons. The molecule has 3 heteroatoms. The summed E-state index contributed by atoms with van der Waals surface area (Å²) in [6.45, 7) is 13.4. The number of rotatable bonds is 3. The average Bonchev–Trinajstić information content (AvgIpc) is 2.58. The van der Waals surface area contributed by atoms with E-state index >= 15 is 0 Å². The Morgan fingerprint density at radius 3 is 2.35 bits per heavy atom. The largest absolute Gasteiger partial charge is 0.193 e. The van der Waals surface area contributed by atoms with Crippen LogP contribution >= 0.6 is 23.3 Å². The van der Waals surface area contributed by atoms with E-state index in [0.29, 0.717) is 5.41 Å². The molecule has 1 aromatic heterocycles. The Balaban J connectivity index is 2.53. The predicted octanol–water partition coefficient (Wildman–Crippen LogP) is 5.19. The summed E-state index contributed by atoms with van der Waals surface area (Å²) in [5.41, 5.74) is 1.68. The van der Waals surface area contributed by atoms with Gasteiger partial charge in [-0.15, -0.1) is 11.8 Å². The first kappa shape index (κ1) is 14.8. The molecule has 0 aliphatic rings. The highest BCUT2D eigenvalue weighted by Gasteiger charge is 2.16. The number of thioether (sulfide) groups is 1. The summed E-state index contributed by atoms with van der Waals surface area (Å²) >= 11 is 3.47. The van der Waals surface area contributed by atoms with E-state index in [4.69, 9.17) is 0 Å². The van der Waals surface area contributed by atoms with Crippen LogP contribution in [0, 0.1) is 5.41 Å². The van der Waals surface area contributed by atoms with Gasteiger partial charge in [0.05, 0.1) is 5.69 Å². The van der Waals surface area contributed by atoms with E-state index in [-0.39, 0.29) is 5.41 Å². The number of aromatic nitrogens is 1. The minimum Gasteiger partial charge on any atom is -0.193 e. The summed E-state index contributed by atoms with van der Waals surface area (Å²) < 4.78 is 4.46. The van der Waals surface area contributed by atoms with Gasteiger partial charge < -0.3 is 0 Å². The second-order valence-electron chi connectivity index (χ2n) is 6.54. The van der Waals surface area contributed by atoms with E-state index in [2.05, 4.69) is 63.5 Å². The molecule has 17 heavy (non-hydrogen) atoms. The molecule has 1 heterocycles. The Labute approximate surface area is 114 Å². The zero-order chi connectivity index (χ0) is 13.1. The molecule has 0 atom stereocenters. The van der Waals surface area contributed by atoms with Crippen molar-refractivity contribution in [3.8, 4) is 0 Å². The first-order valence-corrected chi connectivity index (χ1v) is 7.76. The van der Waals surface area contributed by atoms with E-state index in [9.17, 15) is 0 Å². The van der Waals surface area contributed by atoms with Crippen LogP contribution in [0.5, 0.6) is 0 Å². The zero-order valence-electron chi connectivity index (χ0n) is 11.7. The lowest BCUT2D eigenvalue weighted by Crippen LogP contribution is -2.07. The van der Waals surface area contributed by atoms with Crippen molar-refractivity contribution in [2.24, 2.45) is 5.41 Å². The number of nitrogens with zero attached hydrogens (tertiary/aromatic N) is 1. The van der Waals surface area contributed by atoms with Gasteiger partial charge in [-0.1, -0.05) is 41.5 Å². The van der Waals surface area contributed by atoms with Crippen molar-refractivity contribution in [2.75, 3.05) is 5.75 Å². The first-order valence-electron chi connectivity index (χ1n) is 5.94. The van der Waals surface area contributed by atoms with E-state index in [1.165, 1.54) is 4.88 Å². The van der Waals surface area contributed by atoms with Gasteiger partial charge in [0.15, 0.2) is 0 Å². The van der Waals surface area contributed by atoms with Crippen molar-refractivity contribution in [1.82, 2.24) is 4.37 Å². The van der Waals surface area contributed by atoms with Gasteiger partial charge in [0.25, 0.3) is 0 Å². The third kappa shape index (κ3) is 5.73. The monoisotopic (exact) mass is 269 g/mol. The Hall–Kier alpha value is -0.280. The molecule has 0 aliphatic heterocycles. The molecular formula is C14H23NS2. The molecule has 0 radical (unpaired) electrons.